The smallest absolute Gasteiger partial charge is 0.225 e. The van der Waals surface area contributed by atoms with Gasteiger partial charge in [-0.2, -0.15) is 5.10 Å². The maximum Gasteiger partial charge on any atom is 0.225 e. The summed E-state index contributed by atoms with van der Waals surface area (Å²) in [5, 5.41) is 19.1. The van der Waals surface area contributed by atoms with Crippen LogP contribution in [0.5, 0.6) is 0 Å². The lowest BCUT2D eigenvalue weighted by atomic mass is 9.92. The van der Waals surface area contributed by atoms with Crippen molar-refractivity contribution in [3.05, 3.63) is 17.5 Å². The van der Waals surface area contributed by atoms with Gasteiger partial charge in [-0.25, -0.2) is 0 Å². The number of nitrogens with one attached hydrogen (secondary N) is 2. The van der Waals surface area contributed by atoms with Gasteiger partial charge in [-0.15, -0.1) is 0 Å². The Kier molecular flexibility index (Phi) is 3.92. The van der Waals surface area contributed by atoms with E-state index in [0.717, 1.165) is 30.5 Å². The number of fused-ring (bicyclic) bond motifs is 1. The molecule has 7 heteroatoms. The van der Waals surface area contributed by atoms with Crippen molar-refractivity contribution in [3.8, 4) is 0 Å². The van der Waals surface area contributed by atoms with Gasteiger partial charge in [-0.3, -0.25) is 14.3 Å². The average Bonchev–Trinajstić information content (AvgIpc) is 3.07. The topological polar surface area (TPSA) is 96.2 Å². The summed E-state index contributed by atoms with van der Waals surface area (Å²) in [6, 6.07) is -0.0376. The van der Waals surface area contributed by atoms with E-state index in [-0.39, 0.29) is 36.8 Å². The minimum atomic E-state index is -0.268. The fourth-order valence-corrected chi connectivity index (χ4v) is 3.14. The van der Waals surface area contributed by atoms with E-state index in [1.807, 2.05) is 4.68 Å². The average molecular weight is 292 g/mol. The van der Waals surface area contributed by atoms with Gasteiger partial charge in [-0.1, -0.05) is 0 Å². The summed E-state index contributed by atoms with van der Waals surface area (Å²) in [5.41, 5.74) is 2.14. The highest BCUT2D eigenvalue weighted by atomic mass is 16.3. The molecule has 0 bridgehead atoms. The van der Waals surface area contributed by atoms with Crippen LogP contribution in [0.2, 0.25) is 0 Å². The fraction of sp³-hybridized carbons (Fsp3) is 0.643. The molecule has 0 spiro atoms. The van der Waals surface area contributed by atoms with Gasteiger partial charge in [-0.05, 0) is 19.3 Å². The van der Waals surface area contributed by atoms with E-state index >= 15 is 0 Å². The Morgan fingerprint density at radius 2 is 2.43 bits per heavy atom. The summed E-state index contributed by atoms with van der Waals surface area (Å²) in [5.74, 6) is -0.397. The van der Waals surface area contributed by atoms with Crippen molar-refractivity contribution < 1.29 is 14.7 Å². The summed E-state index contributed by atoms with van der Waals surface area (Å²) >= 11 is 0. The lowest BCUT2D eigenvalue weighted by Gasteiger charge is -2.25. The monoisotopic (exact) mass is 292 g/mol. The van der Waals surface area contributed by atoms with Crippen molar-refractivity contribution in [1.82, 2.24) is 20.4 Å². The van der Waals surface area contributed by atoms with Crippen LogP contribution in [-0.2, 0) is 22.6 Å². The van der Waals surface area contributed by atoms with Crippen molar-refractivity contribution in [2.45, 2.75) is 38.3 Å². The van der Waals surface area contributed by atoms with Gasteiger partial charge in [0.1, 0.15) is 0 Å². The zero-order valence-corrected chi connectivity index (χ0v) is 11.8. The summed E-state index contributed by atoms with van der Waals surface area (Å²) in [7, 11) is 0. The first-order chi connectivity index (χ1) is 10.2. The molecule has 1 saturated heterocycles. The number of rotatable bonds is 4. The number of amides is 2. The van der Waals surface area contributed by atoms with Crippen LogP contribution in [0.4, 0.5) is 0 Å². The summed E-state index contributed by atoms with van der Waals surface area (Å²) < 4.78 is 1.81. The van der Waals surface area contributed by atoms with Crippen LogP contribution in [-0.4, -0.2) is 39.9 Å². The fourth-order valence-electron chi connectivity index (χ4n) is 3.14. The first-order valence-electron chi connectivity index (χ1n) is 7.41. The Morgan fingerprint density at radius 1 is 1.57 bits per heavy atom. The van der Waals surface area contributed by atoms with Crippen LogP contribution in [0.25, 0.3) is 0 Å². The summed E-state index contributed by atoms with van der Waals surface area (Å²) in [6.07, 6.45) is 4.85. The Labute approximate surface area is 122 Å². The highest BCUT2D eigenvalue weighted by molar-refractivity contribution is 5.89. The van der Waals surface area contributed by atoms with Gasteiger partial charge in [0.2, 0.25) is 11.8 Å². The molecule has 114 valence electrons. The third kappa shape index (κ3) is 2.78. The SMILES string of the molecule is O=C1CC(C(=O)NC2CCCc3c2cnn3CCO)CN1. The maximum absolute atomic E-state index is 12.2. The zero-order valence-electron chi connectivity index (χ0n) is 11.8. The zero-order chi connectivity index (χ0) is 14.8. The van der Waals surface area contributed by atoms with E-state index < -0.39 is 0 Å². The van der Waals surface area contributed by atoms with Crippen LogP contribution >= 0.6 is 0 Å². The van der Waals surface area contributed by atoms with Gasteiger partial charge < -0.3 is 15.7 Å². The van der Waals surface area contributed by atoms with Crippen molar-refractivity contribution in [2.75, 3.05) is 13.2 Å². The van der Waals surface area contributed by atoms with Crippen LogP contribution in [0.3, 0.4) is 0 Å². The summed E-state index contributed by atoms with van der Waals surface area (Å²) in [4.78, 5) is 23.4. The molecule has 2 amide bonds. The van der Waals surface area contributed by atoms with Gasteiger partial charge in [0.25, 0.3) is 0 Å². The highest BCUT2D eigenvalue weighted by Gasteiger charge is 2.31. The first kappa shape index (κ1) is 14.1. The van der Waals surface area contributed by atoms with Crippen LogP contribution in [0.15, 0.2) is 6.20 Å². The van der Waals surface area contributed by atoms with E-state index in [2.05, 4.69) is 15.7 Å². The second-order valence-electron chi connectivity index (χ2n) is 5.65. The Balaban J connectivity index is 1.70. The molecule has 3 N–H and O–H groups in total. The van der Waals surface area contributed by atoms with E-state index in [1.165, 1.54) is 0 Å². The van der Waals surface area contributed by atoms with Gasteiger partial charge >= 0.3 is 0 Å². The van der Waals surface area contributed by atoms with E-state index in [4.69, 9.17) is 5.11 Å². The van der Waals surface area contributed by atoms with Crippen LogP contribution < -0.4 is 10.6 Å². The molecule has 0 saturated carbocycles. The molecule has 7 nitrogen and oxygen atoms in total. The van der Waals surface area contributed by atoms with E-state index in [1.54, 1.807) is 6.20 Å². The molecular weight excluding hydrogens is 272 g/mol. The number of carbonyl (C=O) groups excluding carboxylic acids is 2. The lowest BCUT2D eigenvalue weighted by molar-refractivity contribution is -0.127. The van der Waals surface area contributed by atoms with Crippen LogP contribution in [0.1, 0.15) is 36.6 Å². The number of nitrogens with zero attached hydrogens (tertiary/aromatic N) is 2. The molecule has 1 aromatic rings. The molecule has 0 radical (unpaired) electrons. The number of hydrogen-bond acceptors (Lipinski definition) is 4. The van der Waals surface area contributed by atoms with Gasteiger partial charge in [0, 0.05) is 24.2 Å². The molecule has 2 unspecified atom stereocenters. The molecule has 3 rings (SSSR count). The Bertz CT molecular complexity index is 554. The molecule has 21 heavy (non-hydrogen) atoms. The largest absolute Gasteiger partial charge is 0.394 e. The number of hydrogen-bond donors (Lipinski definition) is 3. The van der Waals surface area contributed by atoms with Gasteiger partial charge in [0.05, 0.1) is 31.3 Å². The third-order valence-corrected chi connectivity index (χ3v) is 4.24. The molecule has 2 atom stereocenters. The Morgan fingerprint density at radius 3 is 3.14 bits per heavy atom. The van der Waals surface area contributed by atoms with Gasteiger partial charge in [0.15, 0.2) is 0 Å². The molecular formula is C14H20N4O3. The van der Waals surface area contributed by atoms with Crippen LogP contribution in [0, 0.1) is 5.92 Å². The number of aliphatic hydroxyl groups excluding tert-OH is 1. The standard InChI is InChI=1S/C14H20N4O3/c19-5-4-18-12-3-1-2-11(10(12)8-16-18)17-14(21)9-6-13(20)15-7-9/h8-9,11,19H,1-7H2,(H,15,20)(H,17,21). The van der Waals surface area contributed by atoms with Crippen molar-refractivity contribution >= 4 is 11.8 Å². The number of aromatic nitrogens is 2. The predicted molar refractivity (Wildman–Crippen MR) is 74.3 cm³/mol. The lowest BCUT2D eigenvalue weighted by Crippen LogP contribution is -2.36. The highest BCUT2D eigenvalue weighted by Crippen LogP contribution is 2.30. The summed E-state index contributed by atoms with van der Waals surface area (Å²) in [6.45, 7) is 0.964. The quantitative estimate of drug-likeness (QED) is 0.697. The minimum Gasteiger partial charge on any atom is -0.394 e. The minimum absolute atomic E-state index is 0.0376. The molecule has 2 aliphatic rings. The van der Waals surface area contributed by atoms with E-state index in [9.17, 15) is 9.59 Å². The number of aliphatic hydroxyl groups is 1. The normalized spacial score (nSPS) is 24.5. The molecule has 1 aliphatic heterocycles. The first-order valence-corrected chi connectivity index (χ1v) is 7.41. The van der Waals surface area contributed by atoms with Crippen molar-refractivity contribution in [1.29, 1.82) is 0 Å². The molecule has 0 aromatic carbocycles. The van der Waals surface area contributed by atoms with Crippen molar-refractivity contribution in [3.63, 3.8) is 0 Å². The second kappa shape index (κ2) is 5.85. The number of carbonyl (C=O) groups is 2. The third-order valence-electron chi connectivity index (χ3n) is 4.24. The van der Waals surface area contributed by atoms with Crippen molar-refractivity contribution in [2.24, 2.45) is 5.92 Å². The molecule has 1 fully saturated rings. The maximum atomic E-state index is 12.2. The Hall–Kier alpha value is -1.89. The molecule has 1 aliphatic carbocycles. The van der Waals surface area contributed by atoms with E-state index in [0.29, 0.717) is 13.1 Å². The second-order valence-corrected chi connectivity index (χ2v) is 5.65. The molecule has 1 aromatic heterocycles. The predicted octanol–water partition coefficient (Wildman–Crippen LogP) is -0.495. The molecule has 2 heterocycles.